The average Bonchev–Trinajstić information content (AvgIpc) is 2.85. The molecular weight excluding hydrogens is 360 g/mol. The molecule has 3 saturated carbocycles. The highest BCUT2D eigenvalue weighted by molar-refractivity contribution is 5.92. The molecule has 1 N–H and O–H groups in total. The standard InChI is InChI=1S/C22H30O6/c1-11-13-10-22(26)7-6-15-20(3,4)17(24)9-18(27-12(2)23)21(15,5)16(22)8-14(13)28-19(11)25/h14-16,18,26H,6-10H2,1-5H3/t14-,15-,16+,18?,21-,22-/m1/s1. The van der Waals surface area contributed by atoms with Gasteiger partial charge < -0.3 is 14.6 Å². The van der Waals surface area contributed by atoms with Crippen LogP contribution in [0.5, 0.6) is 0 Å². The molecule has 6 nitrogen and oxygen atoms in total. The molecule has 0 aromatic heterocycles. The molecule has 3 fully saturated rings. The summed E-state index contributed by atoms with van der Waals surface area (Å²) in [5, 5.41) is 11.7. The van der Waals surface area contributed by atoms with Crippen molar-refractivity contribution in [3.8, 4) is 0 Å². The summed E-state index contributed by atoms with van der Waals surface area (Å²) in [4.78, 5) is 36.8. The van der Waals surface area contributed by atoms with Gasteiger partial charge in [0.1, 0.15) is 18.0 Å². The molecule has 154 valence electrons. The average molecular weight is 390 g/mol. The molecule has 0 bridgehead atoms. The van der Waals surface area contributed by atoms with Crippen LogP contribution in [0.4, 0.5) is 0 Å². The van der Waals surface area contributed by atoms with E-state index in [9.17, 15) is 19.5 Å². The van der Waals surface area contributed by atoms with Crippen LogP contribution in [0.15, 0.2) is 11.1 Å². The van der Waals surface area contributed by atoms with Crippen LogP contribution in [0.25, 0.3) is 0 Å². The molecular formula is C22H30O6. The van der Waals surface area contributed by atoms with Gasteiger partial charge in [0.25, 0.3) is 0 Å². The SMILES string of the molecule is CC(=O)OC1CC(=O)C(C)(C)[C@H]2CC[C@@]3(O)CC4=C(C)C(=O)O[C@@H]4C[C@H]3[C@]12C. The number of ether oxygens (including phenoxy) is 2. The highest BCUT2D eigenvalue weighted by atomic mass is 16.6. The summed E-state index contributed by atoms with van der Waals surface area (Å²) in [5.74, 6) is -0.848. The molecule has 6 atom stereocenters. The first kappa shape index (κ1) is 19.6. The Kier molecular flexibility index (Phi) is 4.14. The molecule has 4 aliphatic rings. The monoisotopic (exact) mass is 390 g/mol. The van der Waals surface area contributed by atoms with E-state index in [4.69, 9.17) is 9.47 Å². The molecule has 6 heteroatoms. The van der Waals surface area contributed by atoms with Crippen molar-refractivity contribution >= 4 is 17.7 Å². The molecule has 0 radical (unpaired) electrons. The molecule has 1 aliphatic heterocycles. The van der Waals surface area contributed by atoms with Gasteiger partial charge in [0.2, 0.25) is 0 Å². The Morgan fingerprint density at radius 1 is 1.21 bits per heavy atom. The van der Waals surface area contributed by atoms with Gasteiger partial charge >= 0.3 is 11.9 Å². The number of hydrogen-bond acceptors (Lipinski definition) is 6. The van der Waals surface area contributed by atoms with E-state index in [2.05, 4.69) is 6.92 Å². The van der Waals surface area contributed by atoms with E-state index >= 15 is 0 Å². The molecule has 1 unspecified atom stereocenters. The zero-order valence-corrected chi connectivity index (χ0v) is 17.3. The van der Waals surface area contributed by atoms with Crippen LogP contribution < -0.4 is 0 Å². The lowest BCUT2D eigenvalue weighted by molar-refractivity contribution is -0.232. The van der Waals surface area contributed by atoms with Gasteiger partial charge in [-0.25, -0.2) is 4.79 Å². The van der Waals surface area contributed by atoms with E-state index in [0.29, 0.717) is 31.3 Å². The topological polar surface area (TPSA) is 89.9 Å². The minimum Gasteiger partial charge on any atom is -0.461 e. The number of fused-ring (bicyclic) bond motifs is 4. The Bertz CT molecular complexity index is 795. The summed E-state index contributed by atoms with van der Waals surface area (Å²) in [5.41, 5.74) is -0.586. The third-order valence-corrected chi connectivity index (χ3v) is 8.35. The van der Waals surface area contributed by atoms with Crippen molar-refractivity contribution in [2.45, 2.75) is 84.5 Å². The second-order valence-corrected chi connectivity index (χ2v) is 10.0. The molecule has 28 heavy (non-hydrogen) atoms. The summed E-state index contributed by atoms with van der Waals surface area (Å²) < 4.78 is 11.3. The van der Waals surface area contributed by atoms with Gasteiger partial charge in [-0.05, 0) is 37.7 Å². The van der Waals surface area contributed by atoms with Crippen molar-refractivity contribution in [3.05, 3.63) is 11.1 Å². The van der Waals surface area contributed by atoms with E-state index in [1.165, 1.54) is 6.92 Å². The summed E-state index contributed by atoms with van der Waals surface area (Å²) in [6, 6.07) is 0. The van der Waals surface area contributed by atoms with Crippen molar-refractivity contribution in [1.29, 1.82) is 0 Å². The molecule has 0 amide bonds. The number of carbonyl (C=O) groups excluding carboxylic acids is 3. The predicted octanol–water partition coefficient (Wildman–Crippen LogP) is 2.72. The number of rotatable bonds is 1. The second kappa shape index (κ2) is 5.91. The van der Waals surface area contributed by atoms with Crippen LogP contribution in [0, 0.1) is 22.7 Å². The molecule has 0 aromatic carbocycles. The van der Waals surface area contributed by atoms with Gasteiger partial charge in [0.05, 0.1) is 5.60 Å². The van der Waals surface area contributed by atoms with E-state index in [-0.39, 0.29) is 36.1 Å². The van der Waals surface area contributed by atoms with Crippen LogP contribution in [-0.2, 0) is 23.9 Å². The van der Waals surface area contributed by atoms with Crippen LogP contribution in [0.3, 0.4) is 0 Å². The molecule has 3 aliphatic carbocycles. The first-order chi connectivity index (χ1) is 12.9. The van der Waals surface area contributed by atoms with E-state index < -0.39 is 28.5 Å². The van der Waals surface area contributed by atoms with E-state index in [0.717, 1.165) is 5.57 Å². The fourth-order valence-corrected chi connectivity index (χ4v) is 6.83. The van der Waals surface area contributed by atoms with Gasteiger partial charge in [-0.3, -0.25) is 9.59 Å². The Balaban J connectivity index is 1.80. The predicted molar refractivity (Wildman–Crippen MR) is 100 cm³/mol. The Morgan fingerprint density at radius 2 is 1.89 bits per heavy atom. The Hall–Kier alpha value is -1.69. The van der Waals surface area contributed by atoms with Crippen molar-refractivity contribution in [3.63, 3.8) is 0 Å². The van der Waals surface area contributed by atoms with Gasteiger partial charge in [0.15, 0.2) is 0 Å². The first-order valence-electron chi connectivity index (χ1n) is 10.2. The fourth-order valence-electron chi connectivity index (χ4n) is 6.83. The van der Waals surface area contributed by atoms with Gasteiger partial charge in [-0.2, -0.15) is 0 Å². The normalized spacial score (nSPS) is 44.4. The lowest BCUT2D eigenvalue weighted by Gasteiger charge is -2.64. The second-order valence-electron chi connectivity index (χ2n) is 10.0. The number of hydrogen-bond donors (Lipinski definition) is 1. The molecule has 1 heterocycles. The quantitative estimate of drug-likeness (QED) is 0.693. The molecule has 0 spiro atoms. The largest absolute Gasteiger partial charge is 0.461 e. The van der Waals surface area contributed by atoms with E-state index in [1.54, 1.807) is 6.92 Å². The zero-order valence-electron chi connectivity index (χ0n) is 17.3. The van der Waals surface area contributed by atoms with Crippen LogP contribution in [0.2, 0.25) is 0 Å². The number of aliphatic hydroxyl groups is 1. The number of esters is 2. The van der Waals surface area contributed by atoms with Crippen LogP contribution in [-0.4, -0.2) is 40.6 Å². The lowest BCUT2D eigenvalue weighted by atomic mass is 9.42. The van der Waals surface area contributed by atoms with Gasteiger partial charge in [0, 0.05) is 42.1 Å². The number of ketones is 1. The summed E-state index contributed by atoms with van der Waals surface area (Å²) in [6.07, 6.45) is 1.43. The first-order valence-corrected chi connectivity index (χ1v) is 10.2. The van der Waals surface area contributed by atoms with Gasteiger partial charge in [-0.15, -0.1) is 0 Å². The maximum Gasteiger partial charge on any atom is 0.334 e. The third-order valence-electron chi connectivity index (χ3n) is 8.35. The zero-order chi connectivity index (χ0) is 20.6. The minimum atomic E-state index is -0.985. The third kappa shape index (κ3) is 2.46. The minimum absolute atomic E-state index is 0.0143. The van der Waals surface area contributed by atoms with Crippen molar-refractivity contribution in [1.82, 2.24) is 0 Å². The van der Waals surface area contributed by atoms with Gasteiger partial charge in [-0.1, -0.05) is 20.8 Å². The molecule has 0 aromatic rings. The summed E-state index contributed by atoms with van der Waals surface area (Å²) >= 11 is 0. The Morgan fingerprint density at radius 3 is 2.54 bits per heavy atom. The number of carbonyl (C=O) groups is 3. The Labute approximate surface area is 165 Å². The maximum absolute atomic E-state index is 12.9. The summed E-state index contributed by atoms with van der Waals surface area (Å²) in [7, 11) is 0. The smallest absolute Gasteiger partial charge is 0.334 e. The molecule has 0 saturated heterocycles. The van der Waals surface area contributed by atoms with Crippen molar-refractivity contribution in [2.75, 3.05) is 0 Å². The lowest BCUT2D eigenvalue weighted by Crippen LogP contribution is -2.67. The maximum atomic E-state index is 12.9. The van der Waals surface area contributed by atoms with Crippen LogP contribution >= 0.6 is 0 Å². The van der Waals surface area contributed by atoms with Crippen molar-refractivity contribution in [2.24, 2.45) is 22.7 Å². The van der Waals surface area contributed by atoms with E-state index in [1.807, 2.05) is 13.8 Å². The van der Waals surface area contributed by atoms with Crippen LogP contribution in [0.1, 0.15) is 66.7 Å². The van der Waals surface area contributed by atoms with Crippen molar-refractivity contribution < 1.29 is 29.0 Å². The highest BCUT2D eigenvalue weighted by Gasteiger charge is 2.68. The number of Topliss-reactive ketones (excluding diaryl/α,β-unsaturated/α-hetero) is 1. The molecule has 4 rings (SSSR count). The summed E-state index contributed by atoms with van der Waals surface area (Å²) in [6.45, 7) is 9.13. The highest BCUT2D eigenvalue weighted by Crippen LogP contribution is 2.65. The fraction of sp³-hybridized carbons (Fsp3) is 0.773.